The number of hydrogen-bond donors (Lipinski definition) is 2. The van der Waals surface area contributed by atoms with E-state index in [4.69, 9.17) is 19.7 Å². The topological polar surface area (TPSA) is 112 Å². The second-order valence-electron chi connectivity index (χ2n) is 8.20. The Morgan fingerprint density at radius 1 is 1.00 bits per heavy atom. The molecule has 4 aromatic rings. The summed E-state index contributed by atoms with van der Waals surface area (Å²) in [6.45, 7) is 5.64. The van der Waals surface area contributed by atoms with Gasteiger partial charge in [0.2, 0.25) is 0 Å². The fourth-order valence-electron chi connectivity index (χ4n) is 3.73. The summed E-state index contributed by atoms with van der Waals surface area (Å²) in [5, 5.41) is 6.85. The van der Waals surface area contributed by atoms with Crippen LogP contribution in [0.1, 0.15) is 38.6 Å². The molecule has 0 radical (unpaired) electrons. The minimum absolute atomic E-state index is 0.283. The highest BCUT2D eigenvalue weighted by atomic mass is 16.5. The van der Waals surface area contributed by atoms with Crippen molar-refractivity contribution in [1.29, 1.82) is 0 Å². The van der Waals surface area contributed by atoms with E-state index in [9.17, 15) is 4.79 Å². The molecule has 182 valence electrons. The summed E-state index contributed by atoms with van der Waals surface area (Å²) < 4.78 is 15.8. The number of anilines is 2. The maximum atomic E-state index is 12.9. The van der Waals surface area contributed by atoms with E-state index in [-0.39, 0.29) is 5.91 Å². The van der Waals surface area contributed by atoms with E-state index >= 15 is 0 Å². The van der Waals surface area contributed by atoms with Gasteiger partial charge in [-0.2, -0.15) is 0 Å². The predicted molar refractivity (Wildman–Crippen MR) is 138 cm³/mol. The number of nitrogens with one attached hydrogen (secondary N) is 1. The Bertz CT molecular complexity index is 1470. The molecule has 8 heteroatoms. The van der Waals surface area contributed by atoms with E-state index in [1.54, 1.807) is 50.7 Å². The Morgan fingerprint density at radius 3 is 2.33 bits per heavy atom. The normalized spacial score (nSPS) is 10.4. The minimum Gasteiger partial charge on any atom is -0.497 e. The van der Waals surface area contributed by atoms with Gasteiger partial charge in [-0.3, -0.25) is 4.79 Å². The van der Waals surface area contributed by atoms with E-state index in [1.165, 1.54) is 0 Å². The summed E-state index contributed by atoms with van der Waals surface area (Å²) in [6, 6.07) is 12.3. The van der Waals surface area contributed by atoms with Crippen LogP contribution in [0.2, 0.25) is 0 Å². The summed E-state index contributed by atoms with van der Waals surface area (Å²) in [4.78, 5) is 17.4. The number of carbonyl (C=O) groups excluding carboxylic acids is 1. The van der Waals surface area contributed by atoms with Crippen molar-refractivity contribution in [3.8, 4) is 34.5 Å². The summed E-state index contributed by atoms with van der Waals surface area (Å²) in [5.41, 5.74) is 12.2. The number of hydrogen-bond acceptors (Lipinski definition) is 7. The van der Waals surface area contributed by atoms with Crippen LogP contribution >= 0.6 is 0 Å². The monoisotopic (exact) mass is 482 g/mol. The summed E-state index contributed by atoms with van der Waals surface area (Å²) in [7, 11) is 3.11. The third-order valence-corrected chi connectivity index (χ3v) is 5.66. The van der Waals surface area contributed by atoms with Gasteiger partial charge in [-0.05, 0) is 50.5 Å². The van der Waals surface area contributed by atoms with Crippen molar-refractivity contribution in [2.45, 2.75) is 20.8 Å². The molecule has 0 atom stereocenters. The first-order chi connectivity index (χ1) is 17.3. The average Bonchev–Trinajstić information content (AvgIpc) is 3.21. The van der Waals surface area contributed by atoms with Gasteiger partial charge in [0.25, 0.3) is 5.91 Å². The van der Waals surface area contributed by atoms with Crippen molar-refractivity contribution in [2.75, 3.05) is 25.3 Å². The van der Waals surface area contributed by atoms with Crippen molar-refractivity contribution in [1.82, 2.24) is 10.1 Å². The van der Waals surface area contributed by atoms with E-state index in [2.05, 4.69) is 27.3 Å². The molecule has 3 N–H and O–H groups in total. The molecule has 8 nitrogen and oxygen atoms in total. The van der Waals surface area contributed by atoms with Crippen LogP contribution in [0.3, 0.4) is 0 Å². The molecule has 0 unspecified atom stereocenters. The highest BCUT2D eigenvalue weighted by Crippen LogP contribution is 2.28. The fourth-order valence-corrected chi connectivity index (χ4v) is 3.73. The SMILES string of the molecule is COc1cc(NC(=O)c2ccc(C)c(C#Cc3ncc(-c4c(C)noc4C)cc3N)c2)cc(OC)c1. The van der Waals surface area contributed by atoms with Crippen LogP contribution in [0.5, 0.6) is 11.5 Å². The van der Waals surface area contributed by atoms with Crippen LogP contribution in [0.25, 0.3) is 11.1 Å². The number of benzene rings is 2. The second-order valence-corrected chi connectivity index (χ2v) is 8.20. The lowest BCUT2D eigenvalue weighted by atomic mass is 10.0. The highest BCUT2D eigenvalue weighted by molar-refractivity contribution is 6.04. The fraction of sp³-hybridized carbons (Fsp3) is 0.179. The van der Waals surface area contributed by atoms with Gasteiger partial charge < -0.3 is 25.0 Å². The minimum atomic E-state index is -0.283. The number of pyridine rings is 1. The first-order valence-electron chi connectivity index (χ1n) is 11.1. The van der Waals surface area contributed by atoms with Crippen molar-refractivity contribution in [3.63, 3.8) is 0 Å². The maximum absolute atomic E-state index is 12.9. The molecule has 0 saturated heterocycles. The molecule has 2 heterocycles. The Morgan fingerprint density at radius 2 is 1.72 bits per heavy atom. The highest BCUT2D eigenvalue weighted by Gasteiger charge is 2.13. The molecule has 0 aliphatic carbocycles. The standard InChI is InChI=1S/C28H26N4O4/c1-16-6-7-20(28(33)31-22-12-23(34-4)14-24(13-22)35-5)10-19(16)8-9-26-25(29)11-21(15-30-26)27-17(2)32-36-18(27)3/h6-7,10-15H,29H2,1-5H3,(H,31,33). The Labute approximate surface area is 209 Å². The largest absolute Gasteiger partial charge is 0.497 e. The van der Waals surface area contributed by atoms with Gasteiger partial charge in [0.05, 0.1) is 25.6 Å². The number of nitrogens with zero attached hydrogens (tertiary/aromatic N) is 2. The van der Waals surface area contributed by atoms with Gasteiger partial charge in [-0.1, -0.05) is 17.1 Å². The molecule has 0 spiro atoms. The smallest absolute Gasteiger partial charge is 0.255 e. The summed E-state index contributed by atoms with van der Waals surface area (Å²) in [6.07, 6.45) is 1.70. The molecule has 2 aromatic carbocycles. The number of ether oxygens (including phenoxy) is 2. The Balaban J connectivity index is 1.58. The lowest BCUT2D eigenvalue weighted by Crippen LogP contribution is -2.12. The Kier molecular flexibility index (Phi) is 6.93. The molecule has 4 rings (SSSR count). The molecular weight excluding hydrogens is 456 g/mol. The zero-order valence-electron chi connectivity index (χ0n) is 20.7. The van der Waals surface area contributed by atoms with E-state index in [1.807, 2.05) is 32.9 Å². The molecule has 0 bridgehead atoms. The molecule has 36 heavy (non-hydrogen) atoms. The van der Waals surface area contributed by atoms with Gasteiger partial charge in [0.1, 0.15) is 23.0 Å². The van der Waals surface area contributed by atoms with E-state index in [0.717, 1.165) is 22.4 Å². The molecular formula is C28H26N4O4. The first-order valence-corrected chi connectivity index (χ1v) is 11.1. The second kappa shape index (κ2) is 10.2. The molecule has 0 saturated carbocycles. The van der Waals surface area contributed by atoms with Crippen LogP contribution in [0.15, 0.2) is 53.2 Å². The lowest BCUT2D eigenvalue weighted by Gasteiger charge is -2.10. The maximum Gasteiger partial charge on any atom is 0.255 e. The number of aryl methyl sites for hydroxylation is 3. The number of rotatable bonds is 5. The van der Waals surface area contributed by atoms with Gasteiger partial charge in [-0.15, -0.1) is 0 Å². The summed E-state index contributed by atoms with van der Waals surface area (Å²) in [5.74, 6) is 7.69. The van der Waals surface area contributed by atoms with Gasteiger partial charge in [-0.25, -0.2) is 4.98 Å². The molecule has 0 aliphatic rings. The van der Waals surface area contributed by atoms with Crippen molar-refractivity contribution in [3.05, 3.63) is 82.5 Å². The molecule has 0 aliphatic heterocycles. The summed E-state index contributed by atoms with van der Waals surface area (Å²) >= 11 is 0. The number of amides is 1. The first kappa shape index (κ1) is 24.4. The molecule has 0 fully saturated rings. The number of nitrogen functional groups attached to an aromatic ring is 1. The zero-order valence-corrected chi connectivity index (χ0v) is 20.7. The third kappa shape index (κ3) is 5.15. The van der Waals surface area contributed by atoms with E-state index < -0.39 is 0 Å². The lowest BCUT2D eigenvalue weighted by molar-refractivity contribution is 0.102. The van der Waals surface area contributed by atoms with Crippen molar-refractivity contribution in [2.24, 2.45) is 0 Å². The quantitative estimate of drug-likeness (QED) is 0.389. The van der Waals surface area contributed by atoms with Crippen LogP contribution in [0.4, 0.5) is 11.4 Å². The van der Waals surface area contributed by atoms with Crippen LogP contribution in [-0.2, 0) is 0 Å². The average molecular weight is 483 g/mol. The Hall–Kier alpha value is -4.77. The number of nitrogens with two attached hydrogens (primary N) is 1. The van der Waals surface area contributed by atoms with Crippen LogP contribution in [0, 0.1) is 32.6 Å². The van der Waals surface area contributed by atoms with Crippen molar-refractivity contribution < 1.29 is 18.8 Å². The number of methoxy groups -OCH3 is 2. The zero-order chi connectivity index (χ0) is 25.8. The third-order valence-electron chi connectivity index (χ3n) is 5.66. The van der Waals surface area contributed by atoms with Gasteiger partial charge in [0, 0.05) is 52.3 Å². The molecule has 1 amide bonds. The van der Waals surface area contributed by atoms with Crippen LogP contribution < -0.4 is 20.5 Å². The van der Waals surface area contributed by atoms with Crippen molar-refractivity contribution >= 4 is 17.3 Å². The number of aromatic nitrogens is 2. The van der Waals surface area contributed by atoms with Gasteiger partial charge in [0.15, 0.2) is 0 Å². The number of carbonyl (C=O) groups is 1. The van der Waals surface area contributed by atoms with E-state index in [0.29, 0.717) is 45.5 Å². The van der Waals surface area contributed by atoms with Gasteiger partial charge >= 0.3 is 0 Å². The molecule has 2 aromatic heterocycles. The predicted octanol–water partition coefficient (Wildman–Crippen LogP) is 4.91. The van der Waals surface area contributed by atoms with Crippen LogP contribution in [-0.4, -0.2) is 30.3 Å².